The number of nitrogens with one attached hydrogen (secondary N) is 1. The van der Waals surface area contributed by atoms with Crippen LogP contribution in [0.5, 0.6) is 5.75 Å². The van der Waals surface area contributed by atoms with Crippen LogP contribution in [0.3, 0.4) is 0 Å². The van der Waals surface area contributed by atoms with Gasteiger partial charge in [-0.05, 0) is 37.8 Å². The molecule has 0 bridgehead atoms. The maximum absolute atomic E-state index is 13.3. The van der Waals surface area contributed by atoms with Crippen molar-refractivity contribution in [2.45, 2.75) is 45.3 Å². The minimum Gasteiger partial charge on any atom is -0.491 e. The summed E-state index contributed by atoms with van der Waals surface area (Å²) < 4.78 is 16.7. The van der Waals surface area contributed by atoms with E-state index in [2.05, 4.69) is 5.32 Å². The van der Waals surface area contributed by atoms with E-state index in [0.29, 0.717) is 42.4 Å². The van der Waals surface area contributed by atoms with Gasteiger partial charge in [0, 0.05) is 58.4 Å². The molecule has 188 valence electrons. The lowest BCUT2D eigenvalue weighted by atomic mass is 10.0. The molecule has 1 aliphatic carbocycles. The predicted octanol–water partition coefficient (Wildman–Crippen LogP) is 2.40. The Labute approximate surface area is 201 Å². The topological polar surface area (TPSA) is 97.4 Å². The third-order valence-corrected chi connectivity index (χ3v) is 6.49. The van der Waals surface area contributed by atoms with Crippen molar-refractivity contribution >= 4 is 23.4 Å². The number of benzene rings is 1. The summed E-state index contributed by atoms with van der Waals surface area (Å²) >= 11 is 0. The second-order valence-electron chi connectivity index (χ2n) is 9.48. The first-order chi connectivity index (χ1) is 16.2. The summed E-state index contributed by atoms with van der Waals surface area (Å²) in [5.74, 6) is 0.496. The number of methoxy groups -OCH3 is 2. The standard InChI is InChI=1S/C25H37N3O6/c1-16-12-28(24(30)10-18-6-7-18)17(2)14-34-21-11-19(26-23(29)15-32-4)8-9-20(21)25(31)27(3)13-22(16)33-5/h8-9,11,16-18,22H,6-7,10,12-15H2,1-5H3,(H,26,29)/t16-,17+,22+/m0/s1. The Morgan fingerprint density at radius 2 is 1.91 bits per heavy atom. The maximum Gasteiger partial charge on any atom is 0.257 e. The van der Waals surface area contributed by atoms with Gasteiger partial charge in [0.05, 0.1) is 17.7 Å². The highest BCUT2D eigenvalue weighted by atomic mass is 16.5. The number of likely N-dealkylation sites (N-methyl/N-ethyl adjacent to an activating group) is 1. The van der Waals surface area contributed by atoms with Crippen molar-refractivity contribution in [1.82, 2.24) is 9.80 Å². The monoisotopic (exact) mass is 475 g/mol. The number of amides is 3. The van der Waals surface area contributed by atoms with E-state index in [4.69, 9.17) is 14.2 Å². The number of hydrogen-bond donors (Lipinski definition) is 1. The molecule has 2 aliphatic rings. The zero-order valence-corrected chi connectivity index (χ0v) is 20.8. The first-order valence-electron chi connectivity index (χ1n) is 11.9. The molecule has 1 heterocycles. The molecule has 1 N–H and O–H groups in total. The quantitative estimate of drug-likeness (QED) is 0.679. The van der Waals surface area contributed by atoms with Crippen LogP contribution < -0.4 is 10.1 Å². The summed E-state index contributed by atoms with van der Waals surface area (Å²) in [6.45, 7) is 5.05. The first kappa shape index (κ1) is 26.0. The van der Waals surface area contributed by atoms with E-state index in [-0.39, 0.29) is 49.0 Å². The maximum atomic E-state index is 13.3. The third kappa shape index (κ3) is 6.70. The van der Waals surface area contributed by atoms with Crippen molar-refractivity contribution in [3.05, 3.63) is 23.8 Å². The molecule has 9 heteroatoms. The highest BCUT2D eigenvalue weighted by Crippen LogP contribution is 2.33. The van der Waals surface area contributed by atoms with Crippen molar-refractivity contribution in [2.24, 2.45) is 11.8 Å². The lowest BCUT2D eigenvalue weighted by Crippen LogP contribution is -2.48. The van der Waals surface area contributed by atoms with Crippen LogP contribution in [0, 0.1) is 11.8 Å². The predicted molar refractivity (Wildman–Crippen MR) is 128 cm³/mol. The molecule has 1 saturated carbocycles. The van der Waals surface area contributed by atoms with Crippen LogP contribution in [0.15, 0.2) is 18.2 Å². The Hall–Kier alpha value is -2.65. The molecule has 34 heavy (non-hydrogen) atoms. The fraction of sp³-hybridized carbons (Fsp3) is 0.640. The number of fused-ring (bicyclic) bond motifs is 1. The molecule has 3 rings (SSSR count). The van der Waals surface area contributed by atoms with Crippen LogP contribution in [-0.2, 0) is 19.1 Å². The zero-order valence-electron chi connectivity index (χ0n) is 20.8. The van der Waals surface area contributed by atoms with E-state index < -0.39 is 0 Å². The van der Waals surface area contributed by atoms with Gasteiger partial charge in [0.2, 0.25) is 11.8 Å². The average molecular weight is 476 g/mol. The average Bonchev–Trinajstić information content (AvgIpc) is 3.62. The fourth-order valence-electron chi connectivity index (χ4n) is 4.21. The Kier molecular flexibility index (Phi) is 8.90. The smallest absolute Gasteiger partial charge is 0.257 e. The van der Waals surface area contributed by atoms with Gasteiger partial charge in [-0.25, -0.2) is 0 Å². The van der Waals surface area contributed by atoms with Gasteiger partial charge in [-0.3, -0.25) is 14.4 Å². The van der Waals surface area contributed by atoms with Crippen LogP contribution in [0.25, 0.3) is 0 Å². The summed E-state index contributed by atoms with van der Waals surface area (Å²) in [7, 11) is 4.81. The van der Waals surface area contributed by atoms with Gasteiger partial charge in [-0.2, -0.15) is 0 Å². The summed E-state index contributed by atoms with van der Waals surface area (Å²) in [4.78, 5) is 41.8. The van der Waals surface area contributed by atoms with Gasteiger partial charge in [0.15, 0.2) is 0 Å². The number of anilines is 1. The van der Waals surface area contributed by atoms with Gasteiger partial charge >= 0.3 is 0 Å². The summed E-state index contributed by atoms with van der Waals surface area (Å²) in [6.07, 6.45) is 2.55. The summed E-state index contributed by atoms with van der Waals surface area (Å²) in [5, 5.41) is 2.74. The van der Waals surface area contributed by atoms with E-state index in [1.165, 1.54) is 7.11 Å². The molecule has 3 atom stereocenters. The van der Waals surface area contributed by atoms with Gasteiger partial charge < -0.3 is 29.3 Å². The largest absolute Gasteiger partial charge is 0.491 e. The van der Waals surface area contributed by atoms with Gasteiger partial charge in [-0.1, -0.05) is 6.92 Å². The minimum atomic E-state index is -0.304. The molecule has 0 spiro atoms. The van der Waals surface area contributed by atoms with Crippen LogP contribution >= 0.6 is 0 Å². The van der Waals surface area contributed by atoms with Crippen molar-refractivity contribution in [1.29, 1.82) is 0 Å². The van der Waals surface area contributed by atoms with Crippen LogP contribution in [0.1, 0.15) is 43.5 Å². The number of rotatable bonds is 6. The van der Waals surface area contributed by atoms with E-state index in [0.717, 1.165) is 12.8 Å². The highest BCUT2D eigenvalue weighted by Gasteiger charge is 2.33. The molecule has 0 unspecified atom stereocenters. The van der Waals surface area contributed by atoms with E-state index in [9.17, 15) is 14.4 Å². The van der Waals surface area contributed by atoms with Gasteiger partial charge in [0.1, 0.15) is 19.0 Å². The van der Waals surface area contributed by atoms with Crippen LogP contribution in [-0.4, -0.2) is 87.2 Å². The molecular formula is C25H37N3O6. The first-order valence-corrected chi connectivity index (χ1v) is 11.9. The van der Waals surface area contributed by atoms with E-state index >= 15 is 0 Å². The zero-order chi connectivity index (χ0) is 24.8. The van der Waals surface area contributed by atoms with E-state index in [1.54, 1.807) is 37.3 Å². The molecule has 1 aromatic carbocycles. The molecule has 3 amide bonds. The Morgan fingerprint density at radius 3 is 2.56 bits per heavy atom. The normalized spacial score (nSPS) is 23.9. The van der Waals surface area contributed by atoms with Crippen LogP contribution in [0.2, 0.25) is 0 Å². The number of nitrogens with zero attached hydrogens (tertiary/aromatic N) is 2. The van der Waals surface area contributed by atoms with Crippen molar-refractivity contribution in [2.75, 3.05) is 52.9 Å². The lowest BCUT2D eigenvalue weighted by molar-refractivity contribution is -0.135. The van der Waals surface area contributed by atoms with Crippen molar-refractivity contribution in [3.8, 4) is 5.75 Å². The Bertz CT molecular complexity index is 887. The minimum absolute atomic E-state index is 0.0307. The fourth-order valence-corrected chi connectivity index (χ4v) is 4.21. The molecule has 9 nitrogen and oxygen atoms in total. The SMILES string of the molecule is COCC(=O)Nc1ccc2c(c1)OC[C@@H](C)N(C(=O)CC1CC1)C[C@H](C)[C@H](OC)CN(C)C2=O. The number of carbonyl (C=O) groups excluding carboxylic acids is 3. The molecular weight excluding hydrogens is 438 g/mol. The Morgan fingerprint density at radius 1 is 1.18 bits per heavy atom. The molecule has 0 aromatic heterocycles. The van der Waals surface area contributed by atoms with Gasteiger partial charge in [0.25, 0.3) is 5.91 Å². The van der Waals surface area contributed by atoms with Crippen molar-refractivity contribution < 1.29 is 28.6 Å². The highest BCUT2D eigenvalue weighted by molar-refractivity contribution is 5.98. The molecule has 0 saturated heterocycles. The number of ether oxygens (including phenoxy) is 3. The molecule has 0 radical (unpaired) electrons. The number of hydrogen-bond acceptors (Lipinski definition) is 6. The van der Waals surface area contributed by atoms with Gasteiger partial charge in [-0.15, -0.1) is 0 Å². The van der Waals surface area contributed by atoms with Crippen LogP contribution in [0.4, 0.5) is 5.69 Å². The molecule has 1 aromatic rings. The summed E-state index contributed by atoms with van der Waals surface area (Å²) in [6, 6.07) is 4.75. The second-order valence-corrected chi connectivity index (χ2v) is 9.48. The number of carbonyl (C=O) groups is 3. The second kappa shape index (κ2) is 11.7. The molecule has 1 fully saturated rings. The van der Waals surface area contributed by atoms with Crippen molar-refractivity contribution in [3.63, 3.8) is 0 Å². The van der Waals surface area contributed by atoms with E-state index in [1.807, 2.05) is 18.7 Å². The molecule has 1 aliphatic heterocycles. The Balaban J connectivity index is 1.91. The third-order valence-electron chi connectivity index (χ3n) is 6.49. The lowest BCUT2D eigenvalue weighted by Gasteiger charge is -2.36. The summed E-state index contributed by atoms with van der Waals surface area (Å²) in [5.41, 5.74) is 0.888.